The molecule has 0 saturated carbocycles. The lowest BCUT2D eigenvalue weighted by atomic mass is 10.0. The standard InChI is InChI=1S/C24H25ClN2O3/c1-30-20-8-4-3-7-19(20)21-22(26-14-5-2-6-15-26)24(29)27(23(21)28)16-13-17-9-11-18(25)12-10-17/h3-4,7-12H,2,5-6,13-16H2,1H3. The molecule has 0 unspecified atom stereocenters. The Morgan fingerprint density at radius 2 is 1.63 bits per heavy atom. The summed E-state index contributed by atoms with van der Waals surface area (Å²) in [6, 6.07) is 14.9. The minimum absolute atomic E-state index is 0.211. The molecule has 2 aliphatic rings. The first-order valence-corrected chi connectivity index (χ1v) is 10.7. The summed E-state index contributed by atoms with van der Waals surface area (Å²) in [6.45, 7) is 1.91. The molecule has 0 radical (unpaired) electrons. The number of likely N-dealkylation sites (tertiary alicyclic amines) is 1. The highest BCUT2D eigenvalue weighted by atomic mass is 35.5. The van der Waals surface area contributed by atoms with Gasteiger partial charge in [0, 0.05) is 30.2 Å². The molecule has 0 aromatic heterocycles. The van der Waals surface area contributed by atoms with Crippen molar-refractivity contribution in [2.45, 2.75) is 25.7 Å². The number of para-hydroxylation sites is 1. The number of hydrogen-bond acceptors (Lipinski definition) is 4. The van der Waals surface area contributed by atoms with Gasteiger partial charge in [0.25, 0.3) is 11.8 Å². The lowest BCUT2D eigenvalue weighted by molar-refractivity contribution is -0.137. The Morgan fingerprint density at radius 1 is 0.933 bits per heavy atom. The molecular weight excluding hydrogens is 400 g/mol. The SMILES string of the molecule is COc1ccccc1C1=C(N2CCCCC2)C(=O)N(CCc2ccc(Cl)cc2)C1=O. The quantitative estimate of drug-likeness (QED) is 0.653. The van der Waals surface area contributed by atoms with Gasteiger partial charge in [-0.3, -0.25) is 14.5 Å². The van der Waals surface area contributed by atoms with E-state index >= 15 is 0 Å². The van der Waals surface area contributed by atoms with E-state index in [9.17, 15) is 9.59 Å². The first-order chi connectivity index (χ1) is 14.6. The zero-order valence-electron chi connectivity index (χ0n) is 17.1. The lowest BCUT2D eigenvalue weighted by Crippen LogP contribution is -2.38. The van der Waals surface area contributed by atoms with Crippen LogP contribution in [-0.4, -0.2) is 48.4 Å². The smallest absolute Gasteiger partial charge is 0.277 e. The summed E-state index contributed by atoms with van der Waals surface area (Å²) in [5, 5.41) is 0.666. The third-order valence-corrected chi connectivity index (χ3v) is 5.98. The number of halogens is 1. The van der Waals surface area contributed by atoms with Crippen LogP contribution in [0.4, 0.5) is 0 Å². The van der Waals surface area contributed by atoms with E-state index in [1.54, 1.807) is 7.11 Å². The zero-order chi connectivity index (χ0) is 21.1. The van der Waals surface area contributed by atoms with Crippen LogP contribution in [-0.2, 0) is 16.0 Å². The third kappa shape index (κ3) is 3.94. The van der Waals surface area contributed by atoms with Gasteiger partial charge in [-0.2, -0.15) is 0 Å². The Labute approximate surface area is 181 Å². The summed E-state index contributed by atoms with van der Waals surface area (Å²) < 4.78 is 5.51. The summed E-state index contributed by atoms with van der Waals surface area (Å²) in [5.74, 6) is 0.138. The number of carbonyl (C=O) groups excluding carboxylic acids is 2. The van der Waals surface area contributed by atoms with Crippen molar-refractivity contribution in [3.8, 4) is 5.75 Å². The predicted octanol–water partition coefficient (Wildman–Crippen LogP) is 4.16. The highest BCUT2D eigenvalue weighted by Gasteiger charge is 2.42. The molecule has 0 atom stereocenters. The Morgan fingerprint density at radius 3 is 2.33 bits per heavy atom. The number of amides is 2. The van der Waals surface area contributed by atoms with Gasteiger partial charge in [-0.25, -0.2) is 0 Å². The van der Waals surface area contributed by atoms with Gasteiger partial charge in [0.05, 0.1) is 12.7 Å². The molecule has 6 heteroatoms. The number of nitrogens with zero attached hydrogens (tertiary/aromatic N) is 2. The number of piperidine rings is 1. The molecule has 30 heavy (non-hydrogen) atoms. The fraction of sp³-hybridized carbons (Fsp3) is 0.333. The van der Waals surface area contributed by atoms with Gasteiger partial charge in [0.1, 0.15) is 11.4 Å². The molecular formula is C24H25ClN2O3. The molecule has 0 spiro atoms. The van der Waals surface area contributed by atoms with E-state index in [2.05, 4.69) is 4.90 Å². The van der Waals surface area contributed by atoms with E-state index in [1.165, 1.54) is 4.90 Å². The van der Waals surface area contributed by atoms with E-state index in [0.29, 0.717) is 40.6 Å². The van der Waals surface area contributed by atoms with Gasteiger partial charge in [-0.05, 0) is 49.4 Å². The highest BCUT2D eigenvalue weighted by molar-refractivity contribution is 6.36. The zero-order valence-corrected chi connectivity index (χ0v) is 17.8. The Balaban J connectivity index is 1.67. The molecule has 0 aliphatic carbocycles. The van der Waals surface area contributed by atoms with E-state index in [1.807, 2.05) is 48.5 Å². The minimum atomic E-state index is -0.251. The first-order valence-electron chi connectivity index (χ1n) is 10.3. The van der Waals surface area contributed by atoms with Crippen molar-refractivity contribution < 1.29 is 14.3 Å². The summed E-state index contributed by atoms with van der Waals surface area (Å²) in [4.78, 5) is 30.3. The van der Waals surface area contributed by atoms with E-state index in [4.69, 9.17) is 16.3 Å². The topological polar surface area (TPSA) is 49.9 Å². The summed E-state index contributed by atoms with van der Waals surface area (Å²) >= 11 is 5.96. The van der Waals surface area contributed by atoms with Crippen LogP contribution in [0.5, 0.6) is 5.75 Å². The maximum Gasteiger partial charge on any atom is 0.277 e. The number of imide groups is 1. The molecule has 1 fully saturated rings. The number of methoxy groups -OCH3 is 1. The van der Waals surface area contributed by atoms with Crippen molar-refractivity contribution in [2.24, 2.45) is 0 Å². The summed E-state index contributed by atoms with van der Waals surface area (Å²) in [7, 11) is 1.58. The predicted molar refractivity (Wildman–Crippen MR) is 117 cm³/mol. The molecule has 156 valence electrons. The summed E-state index contributed by atoms with van der Waals surface area (Å²) in [6.07, 6.45) is 3.78. The molecule has 2 amide bonds. The number of ether oxygens (including phenoxy) is 1. The van der Waals surface area contributed by atoms with Crippen LogP contribution in [0.1, 0.15) is 30.4 Å². The van der Waals surface area contributed by atoms with Crippen molar-refractivity contribution >= 4 is 29.0 Å². The Hall–Kier alpha value is -2.79. The maximum atomic E-state index is 13.5. The van der Waals surface area contributed by atoms with Crippen LogP contribution < -0.4 is 4.74 Å². The van der Waals surface area contributed by atoms with E-state index in [0.717, 1.165) is 37.9 Å². The van der Waals surface area contributed by atoms with Gasteiger partial charge in [-0.1, -0.05) is 41.9 Å². The molecule has 0 bridgehead atoms. The molecule has 2 aromatic carbocycles. The monoisotopic (exact) mass is 424 g/mol. The highest BCUT2D eigenvalue weighted by Crippen LogP contribution is 2.37. The van der Waals surface area contributed by atoms with Crippen LogP contribution in [0, 0.1) is 0 Å². The largest absolute Gasteiger partial charge is 0.496 e. The van der Waals surface area contributed by atoms with Gasteiger partial charge in [0.15, 0.2) is 0 Å². The third-order valence-electron chi connectivity index (χ3n) is 5.73. The maximum absolute atomic E-state index is 13.5. The van der Waals surface area contributed by atoms with Gasteiger partial charge in [-0.15, -0.1) is 0 Å². The molecule has 2 heterocycles. The number of benzene rings is 2. The van der Waals surface area contributed by atoms with Gasteiger partial charge in [0.2, 0.25) is 0 Å². The van der Waals surface area contributed by atoms with Crippen molar-refractivity contribution in [3.63, 3.8) is 0 Å². The average molecular weight is 425 g/mol. The lowest BCUT2D eigenvalue weighted by Gasteiger charge is -2.29. The molecule has 5 nitrogen and oxygen atoms in total. The second kappa shape index (κ2) is 8.92. The van der Waals surface area contributed by atoms with Crippen molar-refractivity contribution in [3.05, 3.63) is 70.4 Å². The minimum Gasteiger partial charge on any atom is -0.496 e. The fourth-order valence-corrected chi connectivity index (χ4v) is 4.29. The molecule has 1 saturated heterocycles. The Kier molecular flexibility index (Phi) is 6.09. The van der Waals surface area contributed by atoms with Crippen LogP contribution in [0.2, 0.25) is 5.02 Å². The number of hydrogen-bond donors (Lipinski definition) is 0. The molecule has 2 aromatic rings. The van der Waals surface area contributed by atoms with E-state index in [-0.39, 0.29) is 11.8 Å². The van der Waals surface area contributed by atoms with E-state index < -0.39 is 0 Å². The van der Waals surface area contributed by atoms with Gasteiger partial charge < -0.3 is 9.64 Å². The first kappa shape index (κ1) is 20.5. The normalized spacial score (nSPS) is 17.1. The second-order valence-electron chi connectivity index (χ2n) is 7.61. The molecule has 4 rings (SSSR count). The number of carbonyl (C=O) groups is 2. The fourth-order valence-electron chi connectivity index (χ4n) is 4.16. The van der Waals surface area contributed by atoms with Crippen LogP contribution in [0.25, 0.3) is 5.57 Å². The summed E-state index contributed by atoms with van der Waals surface area (Å²) in [5.41, 5.74) is 2.67. The molecule has 0 N–H and O–H groups in total. The Bertz CT molecular complexity index is 978. The van der Waals surface area contributed by atoms with Crippen molar-refractivity contribution in [1.82, 2.24) is 9.80 Å². The second-order valence-corrected chi connectivity index (χ2v) is 8.05. The van der Waals surface area contributed by atoms with Crippen LogP contribution >= 0.6 is 11.6 Å². The van der Waals surface area contributed by atoms with Crippen molar-refractivity contribution in [2.75, 3.05) is 26.7 Å². The molecule has 2 aliphatic heterocycles. The average Bonchev–Trinajstić information content (AvgIpc) is 3.03. The number of rotatable bonds is 6. The van der Waals surface area contributed by atoms with Crippen LogP contribution in [0.3, 0.4) is 0 Å². The van der Waals surface area contributed by atoms with Crippen LogP contribution in [0.15, 0.2) is 54.2 Å². The van der Waals surface area contributed by atoms with Gasteiger partial charge >= 0.3 is 0 Å². The van der Waals surface area contributed by atoms with Crippen molar-refractivity contribution in [1.29, 1.82) is 0 Å².